The van der Waals surface area contributed by atoms with E-state index in [2.05, 4.69) is 20.8 Å². The molecule has 0 spiro atoms. The zero-order valence-electron chi connectivity index (χ0n) is 15.3. The van der Waals surface area contributed by atoms with Crippen LogP contribution >= 0.6 is 0 Å². The second kappa shape index (κ2) is 6.40. The Morgan fingerprint density at radius 3 is 3.18 bits per heavy atom. The largest absolute Gasteiger partial charge is 0.472 e. The van der Waals surface area contributed by atoms with Gasteiger partial charge in [-0.25, -0.2) is 4.39 Å². The Hall–Kier alpha value is -3.29. The Morgan fingerprint density at radius 1 is 1.39 bits per heavy atom. The fourth-order valence-corrected chi connectivity index (χ4v) is 3.90. The van der Waals surface area contributed by atoms with E-state index in [0.29, 0.717) is 36.7 Å². The highest BCUT2D eigenvalue weighted by atomic mass is 19.1. The van der Waals surface area contributed by atoms with E-state index in [1.165, 1.54) is 6.07 Å². The molecule has 1 aromatic heterocycles. The number of nitrogens with one attached hydrogen (secondary N) is 3. The number of hydrogen-bond acceptors (Lipinski definition) is 5. The maximum absolute atomic E-state index is 13.8. The third kappa shape index (κ3) is 2.64. The lowest BCUT2D eigenvalue weighted by Crippen LogP contribution is -2.48. The van der Waals surface area contributed by atoms with Crippen LogP contribution in [-0.4, -0.2) is 39.8 Å². The summed E-state index contributed by atoms with van der Waals surface area (Å²) in [7, 11) is 0. The molecule has 3 N–H and O–H groups in total. The number of benzene rings is 1. The first-order valence-electron chi connectivity index (χ1n) is 9.28. The molecule has 1 fully saturated rings. The van der Waals surface area contributed by atoms with Gasteiger partial charge in [-0.05, 0) is 37.6 Å². The van der Waals surface area contributed by atoms with Crippen molar-refractivity contribution in [1.29, 1.82) is 0 Å². The third-order valence-electron chi connectivity index (χ3n) is 5.51. The van der Waals surface area contributed by atoms with Crippen molar-refractivity contribution < 1.29 is 13.9 Å². The molecule has 1 amide bonds. The Bertz CT molecular complexity index is 1010. The van der Waals surface area contributed by atoms with Gasteiger partial charge in [0.05, 0.1) is 11.9 Å². The van der Waals surface area contributed by atoms with Crippen molar-refractivity contribution in [3.05, 3.63) is 65.1 Å². The first kappa shape index (κ1) is 16.9. The fourth-order valence-electron chi connectivity index (χ4n) is 3.90. The van der Waals surface area contributed by atoms with Gasteiger partial charge in [0.15, 0.2) is 5.88 Å². The van der Waals surface area contributed by atoms with Crippen LogP contribution in [0.25, 0.3) is 5.57 Å². The minimum atomic E-state index is -0.376. The Balaban J connectivity index is 1.31. The molecule has 7 nitrogen and oxygen atoms in total. The lowest BCUT2D eigenvalue weighted by Gasteiger charge is -2.33. The van der Waals surface area contributed by atoms with Crippen LogP contribution in [0.2, 0.25) is 0 Å². The minimum Gasteiger partial charge on any atom is -0.472 e. The van der Waals surface area contributed by atoms with E-state index in [0.717, 1.165) is 16.8 Å². The number of allylic oxidation sites excluding steroid dienone is 2. The molecule has 1 aromatic carbocycles. The van der Waals surface area contributed by atoms with E-state index >= 15 is 0 Å². The molecular weight excluding hydrogens is 361 g/mol. The first-order valence-corrected chi connectivity index (χ1v) is 9.28. The highest BCUT2D eigenvalue weighted by Crippen LogP contribution is 2.32. The zero-order valence-corrected chi connectivity index (χ0v) is 15.3. The lowest BCUT2D eigenvalue weighted by molar-refractivity contribution is -0.130. The van der Waals surface area contributed by atoms with Crippen molar-refractivity contribution in [2.75, 3.05) is 11.9 Å². The molecule has 0 saturated carbocycles. The van der Waals surface area contributed by atoms with Gasteiger partial charge in [-0.1, -0.05) is 6.07 Å². The summed E-state index contributed by atoms with van der Waals surface area (Å²) >= 11 is 0. The number of likely N-dealkylation sites (tertiary alicyclic amines) is 1. The topological polar surface area (TPSA) is 82.3 Å². The normalized spacial score (nSPS) is 23.2. The average molecular weight is 381 g/mol. The van der Waals surface area contributed by atoms with E-state index in [4.69, 9.17) is 4.74 Å². The lowest BCUT2D eigenvalue weighted by atomic mass is 10.0. The van der Waals surface area contributed by atoms with E-state index in [-0.39, 0.29) is 23.9 Å². The number of carbonyl (C=O) groups excluding carboxylic acids is 1. The van der Waals surface area contributed by atoms with Gasteiger partial charge in [-0.2, -0.15) is 5.10 Å². The van der Waals surface area contributed by atoms with Crippen molar-refractivity contribution in [3.63, 3.8) is 0 Å². The Morgan fingerprint density at radius 2 is 2.29 bits per heavy atom. The van der Waals surface area contributed by atoms with Crippen LogP contribution in [-0.2, 0) is 16.1 Å². The number of dihydropyridines is 1. The van der Waals surface area contributed by atoms with Crippen molar-refractivity contribution in [1.82, 2.24) is 20.4 Å². The standard InChI is InChI=1S/C20H20FN5O2/c1-11-14(21)3-2-4-15(11)23-16-7-8-26(20(16)27)18-6-5-12-13-9-22-25-17(13)10-28-19(12)24-18/h2-6,9,16,18,23-24H,7-8,10H2,1H3,(H,22,25). The Kier molecular flexibility index (Phi) is 3.85. The monoisotopic (exact) mass is 381 g/mol. The highest BCUT2D eigenvalue weighted by Gasteiger charge is 2.37. The number of aromatic nitrogens is 2. The molecule has 0 radical (unpaired) electrons. The molecule has 0 bridgehead atoms. The molecule has 2 aromatic rings. The number of H-pyrrole nitrogens is 1. The molecular formula is C20H20FN5O2. The van der Waals surface area contributed by atoms with Gasteiger partial charge in [0.1, 0.15) is 24.6 Å². The molecule has 8 heteroatoms. The number of amides is 1. The molecule has 0 aliphatic carbocycles. The molecule has 4 heterocycles. The summed E-state index contributed by atoms with van der Waals surface area (Å²) in [5.74, 6) is 0.359. The Labute approximate surface area is 161 Å². The molecule has 2 atom stereocenters. The molecule has 3 aliphatic rings. The van der Waals surface area contributed by atoms with Gasteiger partial charge in [0.25, 0.3) is 0 Å². The van der Waals surface area contributed by atoms with Crippen molar-refractivity contribution >= 4 is 17.2 Å². The number of rotatable bonds is 3. The van der Waals surface area contributed by atoms with Gasteiger partial charge >= 0.3 is 0 Å². The van der Waals surface area contributed by atoms with Gasteiger partial charge in [-0.15, -0.1) is 0 Å². The van der Waals surface area contributed by atoms with E-state index < -0.39 is 0 Å². The molecule has 144 valence electrons. The van der Waals surface area contributed by atoms with Crippen molar-refractivity contribution in [2.45, 2.75) is 32.2 Å². The average Bonchev–Trinajstić information content (AvgIpc) is 3.32. The van der Waals surface area contributed by atoms with Crippen LogP contribution < -0.4 is 10.6 Å². The number of anilines is 1. The summed E-state index contributed by atoms with van der Waals surface area (Å²) in [5.41, 5.74) is 4.06. The second-order valence-corrected chi connectivity index (χ2v) is 7.17. The molecule has 1 saturated heterocycles. The third-order valence-corrected chi connectivity index (χ3v) is 5.51. The van der Waals surface area contributed by atoms with Gasteiger partial charge in [0, 0.05) is 28.9 Å². The predicted molar refractivity (Wildman–Crippen MR) is 101 cm³/mol. The molecule has 28 heavy (non-hydrogen) atoms. The number of ether oxygens (including phenoxy) is 1. The summed E-state index contributed by atoms with van der Waals surface area (Å²) < 4.78 is 19.6. The van der Waals surface area contributed by atoms with E-state index in [1.54, 1.807) is 30.2 Å². The summed E-state index contributed by atoms with van der Waals surface area (Å²) in [4.78, 5) is 14.7. The van der Waals surface area contributed by atoms with E-state index in [9.17, 15) is 9.18 Å². The SMILES string of the molecule is Cc1c(F)cccc1NC1CCN(C2C=CC3=C(N2)OCc2[nH]ncc23)C1=O. The minimum absolute atomic E-state index is 0.0188. The van der Waals surface area contributed by atoms with Crippen LogP contribution in [0.15, 0.2) is 42.4 Å². The number of carbonyl (C=O) groups is 1. The smallest absolute Gasteiger partial charge is 0.247 e. The number of aromatic amines is 1. The van der Waals surface area contributed by atoms with Gasteiger partial charge in [-0.3, -0.25) is 9.89 Å². The summed E-state index contributed by atoms with van der Waals surface area (Å²) in [5, 5.41) is 13.5. The summed E-state index contributed by atoms with van der Waals surface area (Å²) in [6, 6.07) is 4.48. The van der Waals surface area contributed by atoms with Gasteiger partial charge in [0.2, 0.25) is 5.91 Å². The molecule has 2 unspecified atom stereocenters. The first-order chi connectivity index (χ1) is 13.6. The number of fused-ring (bicyclic) bond motifs is 2. The maximum atomic E-state index is 13.8. The zero-order chi connectivity index (χ0) is 19.3. The quantitative estimate of drug-likeness (QED) is 0.760. The number of hydrogen-bond donors (Lipinski definition) is 3. The highest BCUT2D eigenvalue weighted by molar-refractivity contribution is 5.88. The summed E-state index contributed by atoms with van der Waals surface area (Å²) in [6.45, 7) is 2.73. The maximum Gasteiger partial charge on any atom is 0.247 e. The van der Waals surface area contributed by atoms with E-state index in [1.807, 2.05) is 12.2 Å². The molecule has 3 aliphatic heterocycles. The fraction of sp³-hybridized carbons (Fsp3) is 0.300. The van der Waals surface area contributed by atoms with Crippen LogP contribution in [0, 0.1) is 12.7 Å². The van der Waals surface area contributed by atoms with Crippen molar-refractivity contribution in [3.8, 4) is 0 Å². The van der Waals surface area contributed by atoms with Crippen LogP contribution in [0.4, 0.5) is 10.1 Å². The number of nitrogens with zero attached hydrogens (tertiary/aromatic N) is 2. The van der Waals surface area contributed by atoms with Crippen LogP contribution in [0.3, 0.4) is 0 Å². The predicted octanol–water partition coefficient (Wildman–Crippen LogP) is 2.25. The second-order valence-electron chi connectivity index (χ2n) is 7.17. The van der Waals surface area contributed by atoms with Gasteiger partial charge < -0.3 is 20.3 Å². The van der Waals surface area contributed by atoms with Crippen LogP contribution in [0.1, 0.15) is 23.2 Å². The molecule has 5 rings (SSSR count). The number of halogens is 1. The summed E-state index contributed by atoms with van der Waals surface area (Å²) in [6.07, 6.45) is 6.08. The van der Waals surface area contributed by atoms with Crippen molar-refractivity contribution in [2.24, 2.45) is 0 Å². The van der Waals surface area contributed by atoms with Crippen LogP contribution in [0.5, 0.6) is 0 Å².